The van der Waals surface area contributed by atoms with Gasteiger partial charge in [-0.3, -0.25) is 0 Å². The largest absolute Gasteiger partial charge is 0.372 e. The summed E-state index contributed by atoms with van der Waals surface area (Å²) < 4.78 is 5.89. The molecular weight excluding hydrogens is 268 g/mol. The Hall–Kier alpha value is -1.39. The Bertz CT molecular complexity index is 569. The topological polar surface area (TPSA) is 25.4 Å². The molecule has 1 saturated heterocycles. The summed E-state index contributed by atoms with van der Waals surface area (Å²) in [6, 6.07) is 10.3. The van der Waals surface area contributed by atoms with Crippen molar-refractivity contribution < 1.29 is 4.74 Å². The van der Waals surface area contributed by atoms with Crippen molar-refractivity contribution in [3.8, 4) is 11.3 Å². The first-order valence-electron chi connectivity index (χ1n) is 7.10. The van der Waals surface area contributed by atoms with Crippen molar-refractivity contribution >= 4 is 16.5 Å². The van der Waals surface area contributed by atoms with Crippen LogP contribution in [0.3, 0.4) is 0 Å². The molecule has 1 unspecified atom stereocenters. The van der Waals surface area contributed by atoms with Crippen LogP contribution in [0.4, 0.5) is 5.13 Å². The highest BCUT2D eigenvalue weighted by Crippen LogP contribution is 2.31. The number of nitrogens with zero attached hydrogens (tertiary/aromatic N) is 2. The van der Waals surface area contributed by atoms with Gasteiger partial charge in [0.1, 0.15) is 0 Å². The number of hydrogen-bond acceptors (Lipinski definition) is 4. The third kappa shape index (κ3) is 2.72. The first kappa shape index (κ1) is 13.6. The van der Waals surface area contributed by atoms with Crippen LogP contribution in [0.2, 0.25) is 0 Å². The van der Waals surface area contributed by atoms with Gasteiger partial charge >= 0.3 is 0 Å². The van der Waals surface area contributed by atoms with Crippen LogP contribution in [0.15, 0.2) is 35.7 Å². The normalized spacial score (nSPS) is 23.0. The van der Waals surface area contributed by atoms with Gasteiger partial charge in [-0.25, -0.2) is 4.98 Å². The highest BCUT2D eigenvalue weighted by Gasteiger charge is 2.31. The maximum absolute atomic E-state index is 5.89. The molecule has 0 spiro atoms. The number of aromatic nitrogens is 1. The number of benzene rings is 1. The van der Waals surface area contributed by atoms with Crippen molar-refractivity contribution in [2.45, 2.75) is 25.9 Å². The summed E-state index contributed by atoms with van der Waals surface area (Å²) in [5.41, 5.74) is 2.20. The van der Waals surface area contributed by atoms with Gasteiger partial charge in [0, 0.05) is 24.0 Å². The summed E-state index contributed by atoms with van der Waals surface area (Å²) in [6.45, 7) is 7.00. The van der Waals surface area contributed by atoms with Crippen LogP contribution in [0.5, 0.6) is 0 Å². The molecule has 1 aliphatic heterocycles. The predicted molar refractivity (Wildman–Crippen MR) is 84.4 cm³/mol. The van der Waals surface area contributed by atoms with Gasteiger partial charge in [-0.2, -0.15) is 0 Å². The number of hydrogen-bond donors (Lipinski definition) is 0. The number of ether oxygens (including phenoxy) is 1. The maximum atomic E-state index is 5.89. The van der Waals surface area contributed by atoms with Crippen LogP contribution in [0.1, 0.15) is 20.3 Å². The van der Waals surface area contributed by atoms with Gasteiger partial charge in [0.2, 0.25) is 0 Å². The van der Waals surface area contributed by atoms with E-state index in [0.717, 1.165) is 36.9 Å². The molecule has 1 atom stereocenters. The standard InChI is InChI=1S/C16H20N2OS/c1-3-16(2)12-18(9-10-19-16)15-17-14(11-20-15)13-7-5-4-6-8-13/h4-8,11H,3,9-10,12H2,1-2H3. The average molecular weight is 288 g/mol. The zero-order valence-corrected chi connectivity index (χ0v) is 12.8. The number of anilines is 1. The Balaban J connectivity index is 1.80. The summed E-state index contributed by atoms with van der Waals surface area (Å²) in [7, 11) is 0. The van der Waals surface area contributed by atoms with Crippen molar-refractivity contribution in [1.82, 2.24) is 4.98 Å². The van der Waals surface area contributed by atoms with Crippen LogP contribution in [0, 0.1) is 0 Å². The van der Waals surface area contributed by atoms with E-state index in [9.17, 15) is 0 Å². The molecule has 0 bridgehead atoms. The fraction of sp³-hybridized carbons (Fsp3) is 0.438. The smallest absolute Gasteiger partial charge is 0.186 e. The molecule has 1 fully saturated rings. The SMILES string of the molecule is CCC1(C)CN(c2nc(-c3ccccc3)cs2)CCO1. The number of morpholine rings is 1. The average Bonchev–Trinajstić information content (AvgIpc) is 2.98. The summed E-state index contributed by atoms with van der Waals surface area (Å²) in [5, 5.41) is 3.25. The molecule has 1 aromatic carbocycles. The molecule has 2 heterocycles. The first-order chi connectivity index (χ1) is 9.70. The van der Waals surface area contributed by atoms with E-state index in [-0.39, 0.29) is 5.60 Å². The van der Waals surface area contributed by atoms with Gasteiger partial charge in [0.05, 0.1) is 17.9 Å². The Morgan fingerprint density at radius 1 is 1.35 bits per heavy atom. The quantitative estimate of drug-likeness (QED) is 0.858. The molecule has 4 heteroatoms. The van der Waals surface area contributed by atoms with E-state index in [1.807, 2.05) is 6.07 Å². The Morgan fingerprint density at radius 2 is 2.15 bits per heavy atom. The first-order valence-corrected chi connectivity index (χ1v) is 7.98. The highest BCUT2D eigenvalue weighted by atomic mass is 32.1. The van der Waals surface area contributed by atoms with Crippen LogP contribution >= 0.6 is 11.3 Å². The molecule has 1 aliphatic rings. The van der Waals surface area contributed by atoms with Crippen molar-refractivity contribution in [2.24, 2.45) is 0 Å². The monoisotopic (exact) mass is 288 g/mol. The molecule has 0 N–H and O–H groups in total. The summed E-state index contributed by atoms with van der Waals surface area (Å²) in [6.07, 6.45) is 1.03. The van der Waals surface area contributed by atoms with E-state index in [0.29, 0.717) is 0 Å². The van der Waals surface area contributed by atoms with E-state index in [2.05, 4.69) is 48.4 Å². The minimum Gasteiger partial charge on any atom is -0.372 e. The Morgan fingerprint density at radius 3 is 2.90 bits per heavy atom. The van der Waals surface area contributed by atoms with Gasteiger partial charge in [0.15, 0.2) is 5.13 Å². The van der Waals surface area contributed by atoms with Gasteiger partial charge in [-0.1, -0.05) is 37.3 Å². The van der Waals surface area contributed by atoms with Gasteiger partial charge < -0.3 is 9.64 Å². The fourth-order valence-electron chi connectivity index (χ4n) is 2.46. The molecule has 0 aliphatic carbocycles. The van der Waals surface area contributed by atoms with E-state index in [1.165, 1.54) is 5.56 Å². The summed E-state index contributed by atoms with van der Waals surface area (Å²) in [4.78, 5) is 7.14. The van der Waals surface area contributed by atoms with Crippen molar-refractivity contribution in [3.05, 3.63) is 35.7 Å². The molecule has 106 valence electrons. The zero-order valence-electron chi connectivity index (χ0n) is 12.0. The van der Waals surface area contributed by atoms with Crippen molar-refractivity contribution in [3.63, 3.8) is 0 Å². The van der Waals surface area contributed by atoms with Gasteiger partial charge in [0.25, 0.3) is 0 Å². The lowest BCUT2D eigenvalue weighted by Gasteiger charge is -2.39. The Labute approximate surface area is 124 Å². The van der Waals surface area contributed by atoms with Crippen LogP contribution < -0.4 is 4.90 Å². The summed E-state index contributed by atoms with van der Waals surface area (Å²) >= 11 is 1.72. The zero-order chi connectivity index (χ0) is 14.0. The molecule has 1 aromatic heterocycles. The molecular formula is C16H20N2OS. The summed E-state index contributed by atoms with van der Waals surface area (Å²) in [5.74, 6) is 0. The molecule has 3 nitrogen and oxygen atoms in total. The van der Waals surface area contributed by atoms with Gasteiger partial charge in [-0.15, -0.1) is 11.3 Å². The van der Waals surface area contributed by atoms with Crippen LogP contribution in [-0.4, -0.2) is 30.3 Å². The second-order valence-corrected chi connectivity index (χ2v) is 6.29. The van der Waals surface area contributed by atoms with Crippen molar-refractivity contribution in [1.29, 1.82) is 0 Å². The third-order valence-corrected chi connectivity index (χ3v) is 4.82. The minimum atomic E-state index is -0.0448. The maximum Gasteiger partial charge on any atom is 0.186 e. The van der Waals surface area contributed by atoms with Crippen molar-refractivity contribution in [2.75, 3.05) is 24.6 Å². The van der Waals surface area contributed by atoms with Crippen LogP contribution in [-0.2, 0) is 4.74 Å². The van der Waals surface area contributed by atoms with E-state index in [1.54, 1.807) is 11.3 Å². The van der Waals surface area contributed by atoms with Crippen LogP contribution in [0.25, 0.3) is 11.3 Å². The Kier molecular flexibility index (Phi) is 3.76. The molecule has 20 heavy (non-hydrogen) atoms. The van der Waals surface area contributed by atoms with E-state index >= 15 is 0 Å². The number of thiazole rings is 1. The predicted octanol–water partition coefficient (Wildman–Crippen LogP) is 3.82. The minimum absolute atomic E-state index is 0.0448. The lowest BCUT2D eigenvalue weighted by atomic mass is 10.0. The molecule has 0 saturated carbocycles. The third-order valence-electron chi connectivity index (χ3n) is 3.92. The van der Waals surface area contributed by atoms with Gasteiger partial charge in [-0.05, 0) is 13.3 Å². The molecule has 0 radical (unpaired) electrons. The number of rotatable bonds is 3. The highest BCUT2D eigenvalue weighted by molar-refractivity contribution is 7.14. The molecule has 2 aromatic rings. The fourth-order valence-corrected chi connectivity index (χ4v) is 3.32. The molecule has 0 amide bonds. The molecule has 3 rings (SSSR count). The lowest BCUT2D eigenvalue weighted by Crippen LogP contribution is -2.49. The second kappa shape index (κ2) is 5.54. The van der Waals surface area contributed by atoms with E-state index < -0.39 is 0 Å². The second-order valence-electron chi connectivity index (χ2n) is 5.45. The lowest BCUT2D eigenvalue weighted by molar-refractivity contribution is -0.0441. The van der Waals surface area contributed by atoms with E-state index in [4.69, 9.17) is 9.72 Å².